The second-order valence-corrected chi connectivity index (χ2v) is 7.00. The molecule has 4 rings (SSSR count). The van der Waals surface area contributed by atoms with Crippen molar-refractivity contribution in [3.05, 3.63) is 84.2 Å². The summed E-state index contributed by atoms with van der Waals surface area (Å²) in [5.41, 5.74) is 2.70. The number of rotatable bonds is 6. The average molecular weight is 377 g/mol. The summed E-state index contributed by atoms with van der Waals surface area (Å²) >= 11 is 0. The first kappa shape index (κ1) is 18.4. The Hall–Kier alpha value is -2.96. The lowest BCUT2D eigenvalue weighted by atomic mass is 10.1. The number of nitrogens with one attached hydrogen (secondary N) is 2. The van der Waals surface area contributed by atoms with Crippen LogP contribution in [0.4, 0.5) is 0 Å². The molecule has 1 saturated heterocycles. The fraction of sp³-hybridized carbons (Fsp3) is 0.273. The van der Waals surface area contributed by atoms with Crippen LogP contribution < -0.4 is 10.2 Å². The SMILES string of the molecule is O=C(N[C@@H](C[NH+]1CCOCC1)c1ccccc1)c1ccc(-n2cccn2)cc1. The molecule has 0 radical (unpaired) electrons. The van der Waals surface area contributed by atoms with E-state index in [4.69, 9.17) is 4.74 Å². The van der Waals surface area contributed by atoms with Crippen molar-refractivity contribution in [1.29, 1.82) is 0 Å². The Morgan fingerprint density at radius 1 is 1.07 bits per heavy atom. The van der Waals surface area contributed by atoms with Gasteiger partial charge in [0.1, 0.15) is 25.7 Å². The maximum atomic E-state index is 12.9. The van der Waals surface area contributed by atoms with Crippen molar-refractivity contribution >= 4 is 5.91 Å². The van der Waals surface area contributed by atoms with E-state index in [1.807, 2.05) is 54.7 Å². The van der Waals surface area contributed by atoms with Gasteiger partial charge in [-0.1, -0.05) is 30.3 Å². The highest BCUT2D eigenvalue weighted by molar-refractivity contribution is 5.94. The van der Waals surface area contributed by atoms with Crippen molar-refractivity contribution in [3.8, 4) is 5.69 Å². The van der Waals surface area contributed by atoms with Crippen LogP contribution in [0.1, 0.15) is 22.0 Å². The van der Waals surface area contributed by atoms with E-state index in [9.17, 15) is 4.79 Å². The van der Waals surface area contributed by atoms with Crippen LogP contribution in [-0.2, 0) is 4.74 Å². The van der Waals surface area contributed by atoms with Gasteiger partial charge in [-0.05, 0) is 35.9 Å². The molecular weight excluding hydrogens is 352 g/mol. The number of benzene rings is 2. The number of carbonyl (C=O) groups is 1. The number of amides is 1. The molecule has 1 aromatic heterocycles. The molecule has 0 saturated carbocycles. The normalized spacial score (nSPS) is 15.9. The van der Waals surface area contributed by atoms with Crippen LogP contribution in [0.3, 0.4) is 0 Å². The lowest BCUT2D eigenvalue weighted by Gasteiger charge is -2.28. The van der Waals surface area contributed by atoms with Crippen LogP contribution in [0.25, 0.3) is 5.69 Å². The molecule has 1 fully saturated rings. The summed E-state index contributed by atoms with van der Waals surface area (Å²) < 4.78 is 7.24. The van der Waals surface area contributed by atoms with Crippen molar-refractivity contribution in [2.24, 2.45) is 0 Å². The monoisotopic (exact) mass is 377 g/mol. The van der Waals surface area contributed by atoms with Crippen molar-refractivity contribution in [2.45, 2.75) is 6.04 Å². The van der Waals surface area contributed by atoms with Gasteiger partial charge in [0.25, 0.3) is 5.91 Å². The van der Waals surface area contributed by atoms with Crippen LogP contribution in [0, 0.1) is 0 Å². The van der Waals surface area contributed by atoms with E-state index in [1.54, 1.807) is 10.9 Å². The predicted octanol–water partition coefficient (Wildman–Crippen LogP) is 1.26. The van der Waals surface area contributed by atoms with E-state index >= 15 is 0 Å². The first-order valence-corrected chi connectivity index (χ1v) is 9.67. The molecule has 6 heteroatoms. The van der Waals surface area contributed by atoms with Crippen molar-refractivity contribution in [1.82, 2.24) is 15.1 Å². The highest BCUT2D eigenvalue weighted by atomic mass is 16.5. The molecule has 2 N–H and O–H groups in total. The molecule has 28 heavy (non-hydrogen) atoms. The third-order valence-electron chi connectivity index (χ3n) is 5.10. The van der Waals surface area contributed by atoms with Gasteiger partial charge in [0.05, 0.1) is 18.9 Å². The van der Waals surface area contributed by atoms with E-state index in [2.05, 4.69) is 22.5 Å². The lowest BCUT2D eigenvalue weighted by molar-refractivity contribution is -0.909. The maximum absolute atomic E-state index is 12.9. The molecule has 0 bridgehead atoms. The minimum absolute atomic E-state index is 0.0346. The van der Waals surface area contributed by atoms with Gasteiger partial charge in [-0.25, -0.2) is 4.68 Å². The molecule has 0 spiro atoms. The van der Waals surface area contributed by atoms with Crippen LogP contribution >= 0.6 is 0 Å². The van der Waals surface area contributed by atoms with Gasteiger partial charge in [0.15, 0.2) is 0 Å². The standard InChI is InChI=1S/C22H24N4O2/c27-22(19-7-9-20(10-8-19)26-12-4-11-23-26)24-21(18-5-2-1-3-6-18)17-25-13-15-28-16-14-25/h1-12,21H,13-17H2,(H,24,27)/p+1/t21-/m0/s1. The van der Waals surface area contributed by atoms with Gasteiger partial charge in [0.2, 0.25) is 0 Å². The second kappa shape index (κ2) is 8.82. The summed E-state index contributed by atoms with van der Waals surface area (Å²) in [6, 6.07) is 19.5. The predicted molar refractivity (Wildman–Crippen MR) is 107 cm³/mol. The molecule has 3 aromatic rings. The van der Waals surface area contributed by atoms with Gasteiger partial charge in [0, 0.05) is 18.0 Å². The summed E-state index contributed by atoms with van der Waals surface area (Å²) in [5.74, 6) is -0.0615. The number of quaternary nitrogens is 1. The molecule has 1 aliphatic heterocycles. The first-order valence-electron chi connectivity index (χ1n) is 9.67. The Morgan fingerprint density at radius 2 is 1.82 bits per heavy atom. The second-order valence-electron chi connectivity index (χ2n) is 7.00. The Labute approximate surface area is 164 Å². The van der Waals surface area contributed by atoms with E-state index in [1.165, 1.54) is 4.90 Å². The summed E-state index contributed by atoms with van der Waals surface area (Å²) in [4.78, 5) is 14.4. The molecular formula is C22H25N4O2+. The number of morpholine rings is 1. The third-order valence-corrected chi connectivity index (χ3v) is 5.10. The van der Waals surface area contributed by atoms with Gasteiger partial charge >= 0.3 is 0 Å². The Bertz CT molecular complexity index is 873. The molecule has 1 atom stereocenters. The molecule has 2 heterocycles. The average Bonchev–Trinajstić information content (AvgIpc) is 3.30. The van der Waals surface area contributed by atoms with Crippen molar-refractivity contribution < 1.29 is 14.4 Å². The zero-order valence-corrected chi connectivity index (χ0v) is 15.8. The van der Waals surface area contributed by atoms with Gasteiger partial charge in [-0.15, -0.1) is 0 Å². The van der Waals surface area contributed by atoms with Crippen molar-refractivity contribution in [3.63, 3.8) is 0 Å². The molecule has 144 valence electrons. The lowest BCUT2D eigenvalue weighted by Crippen LogP contribution is -3.14. The molecule has 6 nitrogen and oxygen atoms in total. The van der Waals surface area contributed by atoms with E-state index in [0.717, 1.165) is 44.1 Å². The minimum atomic E-state index is -0.0615. The molecule has 1 amide bonds. The largest absolute Gasteiger partial charge is 0.370 e. The number of carbonyl (C=O) groups excluding carboxylic acids is 1. The minimum Gasteiger partial charge on any atom is -0.370 e. The zero-order valence-electron chi connectivity index (χ0n) is 15.8. The van der Waals surface area contributed by atoms with Crippen LogP contribution in [-0.4, -0.2) is 48.5 Å². The molecule has 0 aliphatic carbocycles. The first-order chi connectivity index (χ1) is 13.8. The van der Waals surface area contributed by atoms with Crippen LogP contribution in [0.15, 0.2) is 73.1 Å². The Balaban J connectivity index is 1.48. The molecule has 0 unspecified atom stereocenters. The zero-order chi connectivity index (χ0) is 19.2. The number of hydrogen-bond donors (Lipinski definition) is 2. The summed E-state index contributed by atoms with van der Waals surface area (Å²) in [5, 5.41) is 7.45. The maximum Gasteiger partial charge on any atom is 0.251 e. The van der Waals surface area contributed by atoms with E-state index in [0.29, 0.717) is 5.56 Å². The van der Waals surface area contributed by atoms with E-state index < -0.39 is 0 Å². The van der Waals surface area contributed by atoms with Gasteiger partial charge in [-0.2, -0.15) is 5.10 Å². The van der Waals surface area contributed by atoms with Gasteiger partial charge < -0.3 is 15.0 Å². The van der Waals surface area contributed by atoms with Crippen LogP contribution in [0.5, 0.6) is 0 Å². The topological polar surface area (TPSA) is 60.6 Å². The highest BCUT2D eigenvalue weighted by Crippen LogP contribution is 2.14. The fourth-order valence-corrected chi connectivity index (χ4v) is 3.52. The third kappa shape index (κ3) is 4.47. The summed E-state index contributed by atoms with van der Waals surface area (Å²) in [6.07, 6.45) is 3.62. The highest BCUT2D eigenvalue weighted by Gasteiger charge is 2.23. The number of ether oxygens (including phenoxy) is 1. The van der Waals surface area contributed by atoms with Crippen molar-refractivity contribution in [2.75, 3.05) is 32.8 Å². The fourth-order valence-electron chi connectivity index (χ4n) is 3.52. The number of aromatic nitrogens is 2. The number of hydrogen-bond acceptors (Lipinski definition) is 3. The Morgan fingerprint density at radius 3 is 2.50 bits per heavy atom. The van der Waals surface area contributed by atoms with Crippen LogP contribution in [0.2, 0.25) is 0 Å². The smallest absolute Gasteiger partial charge is 0.251 e. The van der Waals surface area contributed by atoms with Gasteiger partial charge in [-0.3, -0.25) is 4.79 Å². The summed E-state index contributed by atoms with van der Waals surface area (Å²) in [6.45, 7) is 4.35. The molecule has 1 aliphatic rings. The quantitative estimate of drug-likeness (QED) is 0.680. The van der Waals surface area contributed by atoms with E-state index in [-0.39, 0.29) is 11.9 Å². The number of nitrogens with zero attached hydrogens (tertiary/aromatic N) is 2. The summed E-state index contributed by atoms with van der Waals surface area (Å²) in [7, 11) is 0. The Kier molecular flexibility index (Phi) is 5.80. The molecule has 2 aromatic carbocycles.